The van der Waals surface area contributed by atoms with Crippen LogP contribution in [0.2, 0.25) is 0 Å². The van der Waals surface area contributed by atoms with E-state index < -0.39 is 5.54 Å². The zero-order chi connectivity index (χ0) is 17.9. The predicted molar refractivity (Wildman–Crippen MR) is 94.9 cm³/mol. The van der Waals surface area contributed by atoms with Crippen molar-refractivity contribution in [2.75, 3.05) is 27.2 Å². The Labute approximate surface area is 147 Å². The lowest BCUT2D eigenvalue weighted by molar-refractivity contribution is -0.130. The molecule has 1 N–H and O–H groups in total. The standard InChI is InChI=1S/C19H22N4O2/c1-22(2)12-7-13-23-17(24)19(21-18(23)25,15-8-4-3-5-9-15)16-10-6-11-20-14-16/h3-6,8-11,14H,7,12-13H2,1-2H3,(H,21,25). The van der Waals surface area contributed by atoms with Crippen LogP contribution >= 0.6 is 0 Å². The molecule has 3 rings (SSSR count). The highest BCUT2D eigenvalue weighted by molar-refractivity contribution is 6.09. The molecule has 6 nitrogen and oxygen atoms in total. The Balaban J connectivity index is 1.99. The number of pyridine rings is 1. The molecule has 1 aromatic carbocycles. The summed E-state index contributed by atoms with van der Waals surface area (Å²) in [4.78, 5) is 33.4. The van der Waals surface area contributed by atoms with Crippen molar-refractivity contribution in [3.63, 3.8) is 0 Å². The van der Waals surface area contributed by atoms with Gasteiger partial charge in [0, 0.05) is 24.5 Å². The molecule has 0 bridgehead atoms. The van der Waals surface area contributed by atoms with E-state index in [-0.39, 0.29) is 11.9 Å². The van der Waals surface area contributed by atoms with Crippen molar-refractivity contribution < 1.29 is 9.59 Å². The van der Waals surface area contributed by atoms with Crippen LogP contribution in [0, 0.1) is 0 Å². The van der Waals surface area contributed by atoms with Crippen LogP contribution in [0.1, 0.15) is 17.5 Å². The van der Waals surface area contributed by atoms with Gasteiger partial charge in [0.25, 0.3) is 5.91 Å². The number of carbonyl (C=O) groups is 2. The zero-order valence-electron chi connectivity index (χ0n) is 14.5. The summed E-state index contributed by atoms with van der Waals surface area (Å²) in [5.41, 5.74) is 0.177. The smallest absolute Gasteiger partial charge is 0.315 e. The number of carbonyl (C=O) groups excluding carboxylic acids is 2. The van der Waals surface area contributed by atoms with Gasteiger partial charge in [-0.05, 0) is 38.7 Å². The molecule has 1 fully saturated rings. The van der Waals surface area contributed by atoms with Crippen molar-refractivity contribution in [1.29, 1.82) is 0 Å². The molecule has 1 aromatic heterocycles. The Morgan fingerprint density at radius 1 is 1.08 bits per heavy atom. The first kappa shape index (κ1) is 17.1. The first-order chi connectivity index (χ1) is 12.1. The molecule has 0 aliphatic carbocycles. The average Bonchev–Trinajstić information content (AvgIpc) is 2.88. The van der Waals surface area contributed by atoms with Crippen molar-refractivity contribution in [2.24, 2.45) is 0 Å². The molecular weight excluding hydrogens is 316 g/mol. The maximum absolute atomic E-state index is 13.3. The predicted octanol–water partition coefficient (Wildman–Crippen LogP) is 1.83. The molecule has 0 spiro atoms. The molecule has 1 aliphatic heterocycles. The Bertz CT molecular complexity index is 707. The first-order valence-electron chi connectivity index (χ1n) is 8.30. The zero-order valence-corrected chi connectivity index (χ0v) is 14.5. The molecule has 0 radical (unpaired) electrons. The number of imide groups is 1. The molecular formula is C19H22N4O2. The maximum atomic E-state index is 13.3. The summed E-state index contributed by atoms with van der Waals surface area (Å²) in [7, 11) is 3.94. The number of nitrogens with zero attached hydrogens (tertiary/aromatic N) is 3. The second-order valence-corrected chi connectivity index (χ2v) is 6.40. The third-order valence-electron chi connectivity index (χ3n) is 4.39. The highest BCUT2D eigenvalue weighted by Crippen LogP contribution is 2.35. The third kappa shape index (κ3) is 3.13. The Morgan fingerprint density at radius 3 is 2.44 bits per heavy atom. The summed E-state index contributed by atoms with van der Waals surface area (Å²) in [6.45, 7) is 1.19. The van der Waals surface area contributed by atoms with Gasteiger partial charge in [-0.25, -0.2) is 4.79 Å². The van der Waals surface area contributed by atoms with Gasteiger partial charge in [0.15, 0.2) is 5.54 Å². The van der Waals surface area contributed by atoms with Crippen molar-refractivity contribution in [1.82, 2.24) is 20.1 Å². The van der Waals surface area contributed by atoms with E-state index in [0.29, 0.717) is 12.1 Å². The number of amides is 3. The van der Waals surface area contributed by atoms with Gasteiger partial charge in [-0.15, -0.1) is 0 Å². The number of urea groups is 1. The number of hydrogen-bond donors (Lipinski definition) is 1. The van der Waals surface area contributed by atoms with Crippen molar-refractivity contribution in [2.45, 2.75) is 12.0 Å². The Kier molecular flexibility index (Phi) is 4.81. The lowest BCUT2D eigenvalue weighted by Crippen LogP contribution is -2.45. The van der Waals surface area contributed by atoms with Crippen LogP contribution < -0.4 is 5.32 Å². The molecule has 3 amide bonds. The fourth-order valence-corrected chi connectivity index (χ4v) is 3.15. The van der Waals surface area contributed by atoms with Crippen LogP contribution in [0.5, 0.6) is 0 Å². The lowest BCUT2D eigenvalue weighted by atomic mass is 9.83. The highest BCUT2D eigenvalue weighted by Gasteiger charge is 2.53. The molecule has 2 heterocycles. The second kappa shape index (κ2) is 7.03. The Hall–Kier alpha value is -2.73. The van der Waals surface area contributed by atoms with Crippen LogP contribution in [0.3, 0.4) is 0 Å². The van der Waals surface area contributed by atoms with Crippen LogP contribution in [0.15, 0.2) is 54.9 Å². The monoisotopic (exact) mass is 338 g/mol. The average molecular weight is 338 g/mol. The summed E-state index contributed by atoms with van der Waals surface area (Å²) in [6, 6.07) is 12.6. The maximum Gasteiger partial charge on any atom is 0.325 e. The number of aromatic nitrogens is 1. The minimum atomic E-state index is -1.22. The normalized spacial score (nSPS) is 20.2. The minimum Gasteiger partial charge on any atom is -0.315 e. The molecule has 25 heavy (non-hydrogen) atoms. The molecule has 1 unspecified atom stereocenters. The van der Waals surface area contributed by atoms with Crippen LogP contribution in [-0.2, 0) is 10.3 Å². The summed E-state index contributed by atoms with van der Waals surface area (Å²) >= 11 is 0. The summed E-state index contributed by atoms with van der Waals surface area (Å²) in [5.74, 6) is -0.254. The van der Waals surface area contributed by atoms with Crippen LogP contribution in [0.25, 0.3) is 0 Å². The first-order valence-corrected chi connectivity index (χ1v) is 8.30. The van der Waals surface area contributed by atoms with E-state index in [1.165, 1.54) is 4.90 Å². The fraction of sp³-hybridized carbons (Fsp3) is 0.316. The SMILES string of the molecule is CN(C)CCCN1C(=O)NC(c2ccccc2)(c2cccnc2)C1=O. The van der Waals surface area contributed by atoms with E-state index in [1.807, 2.05) is 55.4 Å². The van der Waals surface area contributed by atoms with E-state index in [2.05, 4.69) is 10.3 Å². The molecule has 1 aliphatic rings. The number of benzene rings is 1. The van der Waals surface area contributed by atoms with E-state index in [1.54, 1.807) is 18.5 Å². The van der Waals surface area contributed by atoms with Gasteiger partial charge in [-0.2, -0.15) is 0 Å². The van der Waals surface area contributed by atoms with Crippen molar-refractivity contribution >= 4 is 11.9 Å². The molecule has 1 atom stereocenters. The highest BCUT2D eigenvalue weighted by atomic mass is 16.2. The summed E-state index contributed by atoms with van der Waals surface area (Å²) < 4.78 is 0. The van der Waals surface area contributed by atoms with E-state index >= 15 is 0 Å². The number of rotatable bonds is 6. The van der Waals surface area contributed by atoms with Crippen molar-refractivity contribution in [3.05, 3.63) is 66.0 Å². The van der Waals surface area contributed by atoms with E-state index in [0.717, 1.165) is 18.5 Å². The van der Waals surface area contributed by atoms with Gasteiger partial charge in [-0.1, -0.05) is 36.4 Å². The number of hydrogen-bond acceptors (Lipinski definition) is 4. The van der Waals surface area contributed by atoms with Gasteiger partial charge < -0.3 is 10.2 Å². The van der Waals surface area contributed by atoms with Gasteiger partial charge in [0.1, 0.15) is 0 Å². The largest absolute Gasteiger partial charge is 0.325 e. The molecule has 2 aromatic rings. The molecule has 130 valence electrons. The van der Waals surface area contributed by atoms with E-state index in [9.17, 15) is 9.59 Å². The van der Waals surface area contributed by atoms with Gasteiger partial charge in [0.05, 0.1) is 0 Å². The fourth-order valence-electron chi connectivity index (χ4n) is 3.15. The van der Waals surface area contributed by atoms with Gasteiger partial charge in [-0.3, -0.25) is 14.7 Å². The summed E-state index contributed by atoms with van der Waals surface area (Å²) in [6.07, 6.45) is 4.01. The minimum absolute atomic E-state index is 0.254. The van der Waals surface area contributed by atoms with Gasteiger partial charge >= 0.3 is 6.03 Å². The third-order valence-corrected chi connectivity index (χ3v) is 4.39. The molecule has 0 saturated carbocycles. The van der Waals surface area contributed by atoms with Crippen LogP contribution in [0.4, 0.5) is 4.79 Å². The number of nitrogens with one attached hydrogen (secondary N) is 1. The Morgan fingerprint density at radius 2 is 1.80 bits per heavy atom. The van der Waals surface area contributed by atoms with Crippen molar-refractivity contribution in [3.8, 4) is 0 Å². The second-order valence-electron chi connectivity index (χ2n) is 6.40. The lowest BCUT2D eigenvalue weighted by Gasteiger charge is -2.27. The molecule has 1 saturated heterocycles. The topological polar surface area (TPSA) is 65.5 Å². The van der Waals surface area contributed by atoms with Gasteiger partial charge in [0.2, 0.25) is 0 Å². The molecule has 6 heteroatoms. The van der Waals surface area contributed by atoms with E-state index in [4.69, 9.17) is 0 Å². The summed E-state index contributed by atoms with van der Waals surface area (Å²) in [5, 5.41) is 2.92. The van der Waals surface area contributed by atoms with Crippen LogP contribution in [-0.4, -0.2) is 53.9 Å². The quantitative estimate of drug-likeness (QED) is 0.816.